The number of amidine groups is 1. The van der Waals surface area contributed by atoms with Crippen molar-refractivity contribution in [1.29, 1.82) is 0 Å². The van der Waals surface area contributed by atoms with Crippen molar-refractivity contribution in [2.75, 3.05) is 25.0 Å². The van der Waals surface area contributed by atoms with Gasteiger partial charge in [-0.25, -0.2) is 4.99 Å². The van der Waals surface area contributed by atoms with E-state index in [1.807, 2.05) is 6.34 Å². The second-order valence-corrected chi connectivity index (χ2v) is 4.69. The molecule has 1 aromatic carbocycles. The largest absolute Gasteiger partial charge is 0.384 e. The molecule has 4 nitrogen and oxygen atoms in total. The highest BCUT2D eigenvalue weighted by molar-refractivity contribution is 6.14. The van der Waals surface area contributed by atoms with Crippen LogP contribution in [0.15, 0.2) is 39.8 Å². The number of hydrogen-bond donors (Lipinski definition) is 1. The molecular weight excluding hydrogens is 224 g/mol. The standard InChI is InChI=1S/C14H14N4/c1-2-4-12-10(3-1)13-11(5-6-15-12)14-16-7-8-18(14)9-17-13/h1-4,9,15H,5-8H2. The summed E-state index contributed by atoms with van der Waals surface area (Å²) in [6, 6.07) is 8.37. The summed E-state index contributed by atoms with van der Waals surface area (Å²) in [5.41, 5.74) is 4.74. The Labute approximate surface area is 106 Å². The number of rotatable bonds is 0. The first-order valence-electron chi connectivity index (χ1n) is 6.35. The fraction of sp³-hybridized carbons (Fsp3) is 0.286. The molecular formula is C14H14N4. The number of nitrogens with one attached hydrogen (secondary N) is 1. The summed E-state index contributed by atoms with van der Waals surface area (Å²) >= 11 is 0. The van der Waals surface area contributed by atoms with Gasteiger partial charge < -0.3 is 10.2 Å². The molecule has 4 rings (SSSR count). The van der Waals surface area contributed by atoms with Crippen LogP contribution in [0.25, 0.3) is 5.70 Å². The number of para-hydroxylation sites is 1. The summed E-state index contributed by atoms with van der Waals surface area (Å²) in [5, 5.41) is 3.47. The maximum atomic E-state index is 4.66. The van der Waals surface area contributed by atoms with E-state index in [-0.39, 0.29) is 0 Å². The van der Waals surface area contributed by atoms with Crippen molar-refractivity contribution in [1.82, 2.24) is 4.90 Å². The Morgan fingerprint density at radius 2 is 2.17 bits per heavy atom. The van der Waals surface area contributed by atoms with E-state index in [0.717, 1.165) is 37.6 Å². The Hall–Kier alpha value is -2.10. The third kappa shape index (κ3) is 1.32. The zero-order valence-corrected chi connectivity index (χ0v) is 10.1. The average Bonchev–Trinajstić information content (AvgIpc) is 2.80. The topological polar surface area (TPSA) is 40.0 Å². The molecule has 1 N–H and O–H groups in total. The van der Waals surface area contributed by atoms with Crippen molar-refractivity contribution in [2.24, 2.45) is 9.98 Å². The molecule has 0 unspecified atom stereocenters. The maximum Gasteiger partial charge on any atom is 0.134 e. The van der Waals surface area contributed by atoms with Crippen LogP contribution in [-0.4, -0.2) is 36.7 Å². The molecule has 3 aliphatic heterocycles. The van der Waals surface area contributed by atoms with Gasteiger partial charge in [0.05, 0.1) is 18.6 Å². The van der Waals surface area contributed by atoms with E-state index in [4.69, 9.17) is 0 Å². The van der Waals surface area contributed by atoms with Gasteiger partial charge in [0, 0.05) is 29.9 Å². The molecule has 0 aromatic heterocycles. The summed E-state index contributed by atoms with van der Waals surface area (Å²) in [7, 11) is 0. The van der Waals surface area contributed by atoms with Gasteiger partial charge in [-0.1, -0.05) is 18.2 Å². The lowest BCUT2D eigenvalue weighted by atomic mass is 10.0. The van der Waals surface area contributed by atoms with Gasteiger partial charge in [0.15, 0.2) is 0 Å². The van der Waals surface area contributed by atoms with E-state index < -0.39 is 0 Å². The van der Waals surface area contributed by atoms with Crippen LogP contribution in [0.2, 0.25) is 0 Å². The van der Waals surface area contributed by atoms with E-state index in [2.05, 4.69) is 44.5 Å². The predicted molar refractivity (Wildman–Crippen MR) is 74.0 cm³/mol. The molecule has 0 amide bonds. The first-order chi connectivity index (χ1) is 8.93. The zero-order chi connectivity index (χ0) is 11.9. The number of fused-ring (bicyclic) bond motifs is 4. The molecule has 1 aromatic rings. The molecule has 0 spiro atoms. The van der Waals surface area contributed by atoms with Crippen molar-refractivity contribution in [2.45, 2.75) is 6.42 Å². The van der Waals surface area contributed by atoms with Gasteiger partial charge in [0.25, 0.3) is 0 Å². The highest BCUT2D eigenvalue weighted by atomic mass is 15.3. The van der Waals surface area contributed by atoms with E-state index in [0.29, 0.717) is 0 Å². The van der Waals surface area contributed by atoms with Crippen LogP contribution >= 0.6 is 0 Å². The minimum absolute atomic E-state index is 0.882. The number of hydrogen-bond acceptors (Lipinski definition) is 4. The van der Waals surface area contributed by atoms with E-state index in [9.17, 15) is 0 Å². The predicted octanol–water partition coefficient (Wildman–Crippen LogP) is 1.97. The lowest BCUT2D eigenvalue weighted by Crippen LogP contribution is -2.30. The quantitative estimate of drug-likeness (QED) is 0.750. The van der Waals surface area contributed by atoms with Gasteiger partial charge in [0.2, 0.25) is 0 Å². The summed E-state index contributed by atoms with van der Waals surface area (Å²) in [5.74, 6) is 1.12. The number of benzene rings is 1. The Balaban J connectivity index is 1.93. The summed E-state index contributed by atoms with van der Waals surface area (Å²) < 4.78 is 0. The van der Waals surface area contributed by atoms with Gasteiger partial charge >= 0.3 is 0 Å². The molecule has 0 saturated carbocycles. The van der Waals surface area contributed by atoms with Crippen molar-refractivity contribution in [3.63, 3.8) is 0 Å². The third-order valence-corrected chi connectivity index (χ3v) is 3.63. The van der Waals surface area contributed by atoms with Gasteiger partial charge in [-0.15, -0.1) is 0 Å². The average molecular weight is 238 g/mol. The van der Waals surface area contributed by atoms with Crippen molar-refractivity contribution >= 4 is 23.6 Å². The molecule has 0 fully saturated rings. The first-order valence-corrected chi connectivity index (χ1v) is 6.35. The van der Waals surface area contributed by atoms with Gasteiger partial charge in [-0.3, -0.25) is 4.99 Å². The Kier molecular flexibility index (Phi) is 2.03. The molecule has 3 aliphatic rings. The lowest BCUT2D eigenvalue weighted by molar-refractivity contribution is 0.677. The fourth-order valence-corrected chi connectivity index (χ4v) is 2.78. The molecule has 3 heterocycles. The molecule has 0 atom stereocenters. The van der Waals surface area contributed by atoms with E-state index in [1.165, 1.54) is 16.8 Å². The third-order valence-electron chi connectivity index (χ3n) is 3.63. The Morgan fingerprint density at radius 3 is 3.17 bits per heavy atom. The second kappa shape index (κ2) is 3.70. The summed E-state index contributed by atoms with van der Waals surface area (Å²) in [6.07, 6.45) is 2.91. The minimum Gasteiger partial charge on any atom is -0.384 e. The molecule has 0 radical (unpaired) electrons. The van der Waals surface area contributed by atoms with E-state index in [1.54, 1.807) is 0 Å². The molecule has 4 heteroatoms. The zero-order valence-electron chi connectivity index (χ0n) is 10.1. The number of anilines is 1. The number of nitrogens with zero attached hydrogens (tertiary/aromatic N) is 3. The SMILES string of the molecule is C1=NC2=C(CCNc3ccccc32)C2=NCCN12. The fourth-order valence-electron chi connectivity index (χ4n) is 2.78. The maximum absolute atomic E-state index is 4.66. The lowest BCUT2D eigenvalue weighted by Gasteiger charge is -2.22. The minimum atomic E-state index is 0.882. The van der Waals surface area contributed by atoms with Crippen LogP contribution in [0.4, 0.5) is 5.69 Å². The van der Waals surface area contributed by atoms with Crippen molar-refractivity contribution < 1.29 is 0 Å². The Bertz CT molecular complexity index is 598. The monoisotopic (exact) mass is 238 g/mol. The molecule has 0 saturated heterocycles. The van der Waals surface area contributed by atoms with Crippen LogP contribution < -0.4 is 5.32 Å². The normalized spacial score (nSPS) is 20.7. The van der Waals surface area contributed by atoms with Crippen LogP contribution in [0, 0.1) is 0 Å². The highest BCUT2D eigenvalue weighted by Gasteiger charge is 2.28. The van der Waals surface area contributed by atoms with E-state index >= 15 is 0 Å². The van der Waals surface area contributed by atoms with Gasteiger partial charge in [0.1, 0.15) is 5.84 Å². The van der Waals surface area contributed by atoms with Crippen LogP contribution in [0.5, 0.6) is 0 Å². The van der Waals surface area contributed by atoms with Crippen molar-refractivity contribution in [3.8, 4) is 0 Å². The van der Waals surface area contributed by atoms with Gasteiger partial charge in [-0.05, 0) is 12.5 Å². The van der Waals surface area contributed by atoms with Crippen LogP contribution in [-0.2, 0) is 0 Å². The Morgan fingerprint density at radius 1 is 1.22 bits per heavy atom. The molecule has 90 valence electrons. The van der Waals surface area contributed by atoms with Crippen LogP contribution in [0.1, 0.15) is 12.0 Å². The van der Waals surface area contributed by atoms with Crippen molar-refractivity contribution in [3.05, 3.63) is 35.4 Å². The molecule has 18 heavy (non-hydrogen) atoms. The summed E-state index contributed by atoms with van der Waals surface area (Å²) in [4.78, 5) is 11.4. The molecule has 0 bridgehead atoms. The molecule has 0 aliphatic carbocycles. The van der Waals surface area contributed by atoms with Gasteiger partial charge in [-0.2, -0.15) is 0 Å². The first kappa shape index (κ1) is 9.88. The highest BCUT2D eigenvalue weighted by Crippen LogP contribution is 2.34. The smallest absolute Gasteiger partial charge is 0.134 e. The second-order valence-electron chi connectivity index (χ2n) is 4.69. The summed E-state index contributed by atoms with van der Waals surface area (Å²) in [6.45, 7) is 2.79. The van der Waals surface area contributed by atoms with Crippen LogP contribution in [0.3, 0.4) is 0 Å². The number of aliphatic imine (C=N–C) groups is 2.